The number of anilines is 1. The van der Waals surface area contributed by atoms with Crippen LogP contribution in [0.25, 0.3) is 0 Å². The first-order valence-corrected chi connectivity index (χ1v) is 7.68. The van der Waals surface area contributed by atoms with E-state index in [9.17, 15) is 9.18 Å². The average Bonchev–Trinajstić information content (AvgIpc) is 2.49. The molecule has 2 aromatic carbocycles. The van der Waals surface area contributed by atoms with Gasteiger partial charge in [0.1, 0.15) is 5.82 Å². The molecular weight excluding hydrogens is 333 g/mol. The molecule has 0 aliphatic rings. The predicted octanol–water partition coefficient (Wildman–Crippen LogP) is 5.35. The van der Waals surface area contributed by atoms with Crippen molar-refractivity contribution in [3.05, 3.63) is 63.9 Å². The number of amides is 1. The van der Waals surface area contributed by atoms with Gasteiger partial charge in [-0.25, -0.2) is 4.39 Å². The number of para-hydroxylation sites is 1. The maximum atomic E-state index is 14.0. The summed E-state index contributed by atoms with van der Waals surface area (Å²) >= 11 is 3.09. The van der Waals surface area contributed by atoms with Gasteiger partial charge in [0.2, 0.25) is 0 Å². The normalized spacial score (nSPS) is 12.0. The van der Waals surface area contributed by atoms with Crippen molar-refractivity contribution in [2.45, 2.75) is 26.2 Å². The first kappa shape index (κ1) is 15.7. The third kappa shape index (κ3) is 3.50. The number of hydrogen-bond donors (Lipinski definition) is 1. The lowest BCUT2D eigenvalue weighted by Gasteiger charge is -2.16. The second kappa shape index (κ2) is 6.85. The van der Waals surface area contributed by atoms with E-state index in [0.717, 1.165) is 17.7 Å². The van der Waals surface area contributed by atoms with Crippen molar-refractivity contribution in [3.8, 4) is 0 Å². The molecule has 0 fully saturated rings. The Kier molecular flexibility index (Phi) is 5.12. The summed E-state index contributed by atoms with van der Waals surface area (Å²) in [6.45, 7) is 4.20. The zero-order chi connectivity index (χ0) is 15.4. The molecule has 1 N–H and O–H groups in total. The van der Waals surface area contributed by atoms with E-state index in [0.29, 0.717) is 5.92 Å². The van der Waals surface area contributed by atoms with Crippen LogP contribution in [-0.4, -0.2) is 5.91 Å². The largest absolute Gasteiger partial charge is 0.322 e. The fourth-order valence-corrected chi connectivity index (χ4v) is 2.50. The van der Waals surface area contributed by atoms with Crippen molar-refractivity contribution in [3.63, 3.8) is 0 Å². The maximum Gasteiger partial charge on any atom is 0.258 e. The Morgan fingerprint density at radius 3 is 2.67 bits per heavy atom. The predicted molar refractivity (Wildman–Crippen MR) is 87.2 cm³/mol. The Hall–Kier alpha value is -1.68. The van der Waals surface area contributed by atoms with Gasteiger partial charge in [0.05, 0.1) is 10.0 Å². The quantitative estimate of drug-likeness (QED) is 0.791. The third-order valence-corrected chi connectivity index (χ3v) is 4.16. The van der Waals surface area contributed by atoms with Crippen LogP contribution in [0.2, 0.25) is 0 Å². The van der Waals surface area contributed by atoms with Gasteiger partial charge in [0.15, 0.2) is 0 Å². The average molecular weight is 350 g/mol. The van der Waals surface area contributed by atoms with Gasteiger partial charge in [0, 0.05) is 5.69 Å². The standard InChI is InChI=1S/C17H17BrFNO/c1-3-11(2)12-7-4-5-10-15(12)20-17(21)13-8-6-9-14(18)16(13)19/h4-11H,3H2,1-2H3,(H,20,21). The monoisotopic (exact) mass is 349 g/mol. The number of carbonyl (C=O) groups is 1. The molecular formula is C17H17BrFNO. The van der Waals surface area contributed by atoms with E-state index in [2.05, 4.69) is 35.1 Å². The number of benzene rings is 2. The molecule has 0 heterocycles. The minimum absolute atomic E-state index is 0.0309. The molecule has 0 spiro atoms. The minimum atomic E-state index is -0.545. The molecule has 1 atom stereocenters. The van der Waals surface area contributed by atoms with Gasteiger partial charge in [-0.2, -0.15) is 0 Å². The smallest absolute Gasteiger partial charge is 0.258 e. The summed E-state index contributed by atoms with van der Waals surface area (Å²) in [5.41, 5.74) is 1.82. The van der Waals surface area contributed by atoms with Crippen molar-refractivity contribution in [1.82, 2.24) is 0 Å². The second-order valence-corrected chi connectivity index (χ2v) is 5.81. The van der Waals surface area contributed by atoms with E-state index in [1.165, 1.54) is 6.07 Å². The summed E-state index contributed by atoms with van der Waals surface area (Å²) in [4.78, 5) is 12.3. The van der Waals surface area contributed by atoms with Crippen LogP contribution in [-0.2, 0) is 0 Å². The fraction of sp³-hybridized carbons (Fsp3) is 0.235. The molecule has 1 unspecified atom stereocenters. The van der Waals surface area contributed by atoms with Crippen molar-refractivity contribution in [1.29, 1.82) is 0 Å². The van der Waals surface area contributed by atoms with E-state index in [1.807, 2.05) is 24.3 Å². The molecule has 0 aliphatic carbocycles. The van der Waals surface area contributed by atoms with E-state index >= 15 is 0 Å². The number of halogens is 2. The van der Waals surface area contributed by atoms with E-state index < -0.39 is 11.7 Å². The summed E-state index contributed by atoms with van der Waals surface area (Å²) in [5, 5.41) is 2.81. The molecule has 0 aromatic heterocycles. The van der Waals surface area contributed by atoms with Crippen molar-refractivity contribution in [2.24, 2.45) is 0 Å². The Morgan fingerprint density at radius 1 is 1.24 bits per heavy atom. The van der Waals surface area contributed by atoms with Crippen LogP contribution in [0.5, 0.6) is 0 Å². The lowest BCUT2D eigenvalue weighted by atomic mass is 9.97. The van der Waals surface area contributed by atoms with Gasteiger partial charge < -0.3 is 5.32 Å². The zero-order valence-electron chi connectivity index (χ0n) is 12.0. The van der Waals surface area contributed by atoms with Crippen LogP contribution < -0.4 is 5.32 Å². The van der Waals surface area contributed by atoms with Gasteiger partial charge >= 0.3 is 0 Å². The molecule has 0 radical (unpaired) electrons. The Bertz CT molecular complexity index is 657. The summed E-state index contributed by atoms with van der Waals surface area (Å²) in [7, 11) is 0. The summed E-state index contributed by atoms with van der Waals surface area (Å²) in [6, 6.07) is 12.3. The van der Waals surface area contributed by atoms with Gasteiger partial charge in [-0.1, -0.05) is 38.1 Å². The van der Waals surface area contributed by atoms with Crippen molar-refractivity contribution < 1.29 is 9.18 Å². The van der Waals surface area contributed by atoms with E-state index in [4.69, 9.17) is 0 Å². The topological polar surface area (TPSA) is 29.1 Å². The molecule has 2 nitrogen and oxygen atoms in total. The van der Waals surface area contributed by atoms with Crippen LogP contribution in [0.3, 0.4) is 0 Å². The first-order chi connectivity index (χ1) is 10.0. The van der Waals surface area contributed by atoms with Crippen LogP contribution in [0.1, 0.15) is 42.1 Å². The number of nitrogens with one attached hydrogen (secondary N) is 1. The number of carbonyl (C=O) groups excluding carboxylic acids is 1. The van der Waals surface area contributed by atoms with Crippen molar-refractivity contribution in [2.75, 3.05) is 5.32 Å². The molecule has 0 bridgehead atoms. The minimum Gasteiger partial charge on any atom is -0.322 e. The fourth-order valence-electron chi connectivity index (χ4n) is 2.13. The Morgan fingerprint density at radius 2 is 1.95 bits per heavy atom. The van der Waals surface area contributed by atoms with Gasteiger partial charge in [-0.3, -0.25) is 4.79 Å². The lowest BCUT2D eigenvalue weighted by Crippen LogP contribution is -2.15. The van der Waals surface area contributed by atoms with Crippen molar-refractivity contribution >= 4 is 27.5 Å². The first-order valence-electron chi connectivity index (χ1n) is 6.88. The van der Waals surface area contributed by atoms with Crippen LogP contribution in [0.15, 0.2) is 46.9 Å². The Balaban J connectivity index is 2.30. The summed E-state index contributed by atoms with van der Waals surface area (Å²) < 4.78 is 14.3. The Labute approximate surface area is 132 Å². The number of rotatable bonds is 4. The van der Waals surface area contributed by atoms with Crippen LogP contribution >= 0.6 is 15.9 Å². The van der Waals surface area contributed by atoms with Crippen LogP contribution in [0, 0.1) is 5.82 Å². The summed E-state index contributed by atoms with van der Waals surface area (Å²) in [5.74, 6) is -0.658. The zero-order valence-corrected chi connectivity index (χ0v) is 13.6. The lowest BCUT2D eigenvalue weighted by molar-refractivity contribution is 0.102. The van der Waals surface area contributed by atoms with E-state index in [-0.39, 0.29) is 10.0 Å². The molecule has 2 rings (SSSR count). The second-order valence-electron chi connectivity index (χ2n) is 4.95. The van der Waals surface area contributed by atoms with Gasteiger partial charge in [-0.15, -0.1) is 0 Å². The van der Waals surface area contributed by atoms with Crippen LogP contribution in [0.4, 0.5) is 10.1 Å². The molecule has 110 valence electrons. The number of hydrogen-bond acceptors (Lipinski definition) is 1. The summed E-state index contributed by atoms with van der Waals surface area (Å²) in [6.07, 6.45) is 0.970. The highest BCUT2D eigenvalue weighted by atomic mass is 79.9. The SMILES string of the molecule is CCC(C)c1ccccc1NC(=O)c1cccc(Br)c1F. The molecule has 0 aliphatic heterocycles. The molecule has 2 aromatic rings. The molecule has 21 heavy (non-hydrogen) atoms. The van der Waals surface area contributed by atoms with E-state index in [1.54, 1.807) is 12.1 Å². The third-order valence-electron chi connectivity index (χ3n) is 3.55. The molecule has 0 saturated heterocycles. The maximum absolute atomic E-state index is 14.0. The highest BCUT2D eigenvalue weighted by molar-refractivity contribution is 9.10. The van der Waals surface area contributed by atoms with Gasteiger partial charge in [0.25, 0.3) is 5.91 Å². The van der Waals surface area contributed by atoms with Gasteiger partial charge in [-0.05, 0) is 52.0 Å². The highest BCUT2D eigenvalue weighted by Crippen LogP contribution is 2.27. The molecule has 4 heteroatoms. The molecule has 1 amide bonds. The molecule has 0 saturated carbocycles. The highest BCUT2D eigenvalue weighted by Gasteiger charge is 2.16.